The summed E-state index contributed by atoms with van der Waals surface area (Å²) >= 11 is 0. The number of carbonyl (C=O) groups is 2. The van der Waals surface area contributed by atoms with Crippen LogP contribution in [0.4, 0.5) is 0 Å². The van der Waals surface area contributed by atoms with Gasteiger partial charge in [0, 0.05) is 17.1 Å². The number of carboxylic acid groups (broad SMARTS) is 1. The lowest BCUT2D eigenvalue weighted by molar-refractivity contribution is -0.121. The fourth-order valence-corrected chi connectivity index (χ4v) is 3.40. The first-order valence-corrected chi connectivity index (χ1v) is 9.74. The summed E-state index contributed by atoms with van der Waals surface area (Å²) in [6.07, 6.45) is 1.78. The molecule has 0 bridgehead atoms. The third-order valence-corrected chi connectivity index (χ3v) is 5.04. The number of fused-ring (bicyclic) bond motifs is 1. The number of carboxylic acids is 1. The van der Waals surface area contributed by atoms with Crippen LogP contribution >= 0.6 is 0 Å². The minimum absolute atomic E-state index is 0.0469. The maximum absolute atomic E-state index is 12.4. The lowest BCUT2D eigenvalue weighted by Crippen LogP contribution is -2.17. The number of hydrogen-bond acceptors (Lipinski definition) is 4. The Labute approximate surface area is 179 Å². The van der Waals surface area contributed by atoms with Crippen molar-refractivity contribution in [2.75, 3.05) is 13.7 Å². The molecule has 31 heavy (non-hydrogen) atoms. The smallest absolute Gasteiger partial charge is 0.335 e. The average Bonchev–Trinajstić information content (AvgIpc) is 3.20. The molecule has 6 nitrogen and oxygen atoms in total. The van der Waals surface area contributed by atoms with Crippen LogP contribution in [0.2, 0.25) is 0 Å². The van der Waals surface area contributed by atoms with Gasteiger partial charge in [0.05, 0.1) is 19.2 Å². The van der Waals surface area contributed by atoms with Gasteiger partial charge in [-0.25, -0.2) is 4.79 Å². The normalized spacial score (nSPS) is 10.7. The van der Waals surface area contributed by atoms with Crippen LogP contribution in [0.15, 0.2) is 79.0 Å². The van der Waals surface area contributed by atoms with E-state index in [1.165, 1.54) is 6.07 Å². The molecule has 0 saturated carbocycles. The van der Waals surface area contributed by atoms with Crippen LogP contribution < -0.4 is 9.47 Å². The summed E-state index contributed by atoms with van der Waals surface area (Å²) in [7, 11) is 1.64. The maximum Gasteiger partial charge on any atom is 0.335 e. The highest BCUT2D eigenvalue weighted by Crippen LogP contribution is 2.24. The maximum atomic E-state index is 12.4. The predicted molar refractivity (Wildman–Crippen MR) is 118 cm³/mol. The molecule has 0 aliphatic rings. The van der Waals surface area contributed by atoms with E-state index in [1.54, 1.807) is 36.1 Å². The number of aromatic nitrogens is 1. The van der Waals surface area contributed by atoms with Crippen LogP contribution in [0.5, 0.6) is 11.5 Å². The molecule has 4 rings (SSSR count). The zero-order valence-electron chi connectivity index (χ0n) is 16.9. The number of nitrogens with zero attached hydrogens (tertiary/aromatic N) is 1. The van der Waals surface area contributed by atoms with E-state index in [9.17, 15) is 9.59 Å². The molecule has 0 spiro atoms. The van der Waals surface area contributed by atoms with Crippen LogP contribution in [0, 0.1) is 0 Å². The standard InChI is InChI=1S/C25H21NO5/c1-30-22-7-2-17(3-8-22)18-4-9-23(10-5-18)31-16-21(27)15-26-13-12-19-14-20(25(28)29)6-11-24(19)26/h2-14H,15-16H2,1H3,(H,28,29). The highest BCUT2D eigenvalue weighted by molar-refractivity contribution is 5.94. The summed E-state index contributed by atoms with van der Waals surface area (Å²) in [5, 5.41) is 9.88. The molecular formula is C25H21NO5. The number of methoxy groups -OCH3 is 1. The second-order valence-electron chi connectivity index (χ2n) is 7.10. The molecular weight excluding hydrogens is 394 g/mol. The molecule has 1 aromatic heterocycles. The van der Waals surface area contributed by atoms with Gasteiger partial charge in [-0.3, -0.25) is 4.79 Å². The SMILES string of the molecule is COc1ccc(-c2ccc(OCC(=O)Cn3ccc4cc(C(=O)O)ccc43)cc2)cc1. The number of carbonyl (C=O) groups excluding carboxylic acids is 1. The van der Waals surface area contributed by atoms with Crippen molar-refractivity contribution in [1.82, 2.24) is 4.57 Å². The van der Waals surface area contributed by atoms with Crippen molar-refractivity contribution in [2.24, 2.45) is 0 Å². The number of hydrogen-bond donors (Lipinski definition) is 1. The van der Waals surface area contributed by atoms with Gasteiger partial charge in [0.2, 0.25) is 0 Å². The molecule has 0 fully saturated rings. The van der Waals surface area contributed by atoms with Crippen molar-refractivity contribution in [3.63, 3.8) is 0 Å². The topological polar surface area (TPSA) is 77.8 Å². The van der Waals surface area contributed by atoms with Gasteiger partial charge in [0.25, 0.3) is 0 Å². The van der Waals surface area contributed by atoms with Crippen LogP contribution in [0.1, 0.15) is 10.4 Å². The van der Waals surface area contributed by atoms with E-state index in [0.717, 1.165) is 27.8 Å². The van der Waals surface area contributed by atoms with Crippen molar-refractivity contribution in [3.8, 4) is 22.6 Å². The molecule has 1 heterocycles. The Morgan fingerprint density at radius 2 is 1.52 bits per heavy atom. The second-order valence-corrected chi connectivity index (χ2v) is 7.10. The molecule has 0 amide bonds. The Morgan fingerprint density at radius 1 is 0.871 bits per heavy atom. The van der Waals surface area contributed by atoms with Crippen molar-refractivity contribution in [1.29, 1.82) is 0 Å². The number of Topliss-reactive ketones (excluding diaryl/α,β-unsaturated/α-hetero) is 1. The molecule has 0 aliphatic heterocycles. The van der Waals surface area contributed by atoms with Gasteiger partial charge in [0.1, 0.15) is 18.1 Å². The quantitative estimate of drug-likeness (QED) is 0.453. The van der Waals surface area contributed by atoms with Crippen molar-refractivity contribution in [3.05, 3.63) is 84.6 Å². The van der Waals surface area contributed by atoms with Crippen LogP contribution in [-0.4, -0.2) is 35.1 Å². The van der Waals surface area contributed by atoms with Gasteiger partial charge in [0.15, 0.2) is 5.78 Å². The van der Waals surface area contributed by atoms with Gasteiger partial charge in [-0.2, -0.15) is 0 Å². The summed E-state index contributed by atoms with van der Waals surface area (Å²) in [4.78, 5) is 23.5. The van der Waals surface area contributed by atoms with Crippen molar-refractivity contribution >= 4 is 22.7 Å². The Morgan fingerprint density at radius 3 is 2.13 bits per heavy atom. The van der Waals surface area contributed by atoms with Gasteiger partial charge in [-0.05, 0) is 59.7 Å². The molecule has 0 atom stereocenters. The van der Waals surface area contributed by atoms with Gasteiger partial charge >= 0.3 is 5.97 Å². The van der Waals surface area contributed by atoms with Gasteiger partial charge in [-0.1, -0.05) is 24.3 Å². The fourth-order valence-electron chi connectivity index (χ4n) is 3.40. The Bertz CT molecular complexity index is 1220. The van der Waals surface area contributed by atoms with E-state index in [2.05, 4.69) is 0 Å². The van der Waals surface area contributed by atoms with E-state index < -0.39 is 5.97 Å². The van der Waals surface area contributed by atoms with Gasteiger partial charge in [-0.15, -0.1) is 0 Å². The monoisotopic (exact) mass is 415 g/mol. The van der Waals surface area contributed by atoms with Crippen LogP contribution in [-0.2, 0) is 11.3 Å². The van der Waals surface area contributed by atoms with E-state index in [0.29, 0.717) is 5.75 Å². The molecule has 1 N–H and O–H groups in total. The van der Waals surface area contributed by atoms with Crippen LogP contribution in [0.3, 0.4) is 0 Å². The lowest BCUT2D eigenvalue weighted by atomic mass is 10.1. The molecule has 0 radical (unpaired) electrons. The Hall–Kier alpha value is -4.06. The third-order valence-electron chi connectivity index (χ3n) is 5.04. The molecule has 156 valence electrons. The first-order valence-electron chi connectivity index (χ1n) is 9.74. The summed E-state index contributed by atoms with van der Waals surface area (Å²) in [6, 6.07) is 22.0. The van der Waals surface area contributed by atoms with Crippen molar-refractivity contribution < 1.29 is 24.2 Å². The highest BCUT2D eigenvalue weighted by atomic mass is 16.5. The zero-order chi connectivity index (χ0) is 21.8. The first-order chi connectivity index (χ1) is 15.0. The van der Waals surface area contributed by atoms with E-state index >= 15 is 0 Å². The summed E-state index contributed by atoms with van der Waals surface area (Å²) in [5.41, 5.74) is 3.13. The number of rotatable bonds is 8. The largest absolute Gasteiger partial charge is 0.497 e. The van der Waals surface area contributed by atoms with E-state index in [-0.39, 0.29) is 24.5 Å². The highest BCUT2D eigenvalue weighted by Gasteiger charge is 2.10. The minimum atomic E-state index is -0.975. The third kappa shape index (κ3) is 4.59. The number of ether oxygens (including phenoxy) is 2. The predicted octanol–water partition coefficient (Wildman–Crippen LogP) is 4.66. The Kier molecular flexibility index (Phi) is 5.71. The molecule has 3 aromatic carbocycles. The molecule has 0 aliphatic carbocycles. The minimum Gasteiger partial charge on any atom is -0.497 e. The first kappa shape index (κ1) is 20.2. The lowest BCUT2D eigenvalue weighted by Gasteiger charge is -2.09. The van der Waals surface area contributed by atoms with E-state index in [4.69, 9.17) is 14.6 Å². The van der Waals surface area contributed by atoms with Crippen LogP contribution in [0.25, 0.3) is 22.0 Å². The average molecular weight is 415 g/mol. The van der Waals surface area contributed by atoms with E-state index in [1.807, 2.05) is 48.5 Å². The number of ketones is 1. The molecule has 0 unspecified atom stereocenters. The second kappa shape index (κ2) is 8.75. The number of benzene rings is 3. The molecule has 6 heteroatoms. The zero-order valence-corrected chi connectivity index (χ0v) is 16.9. The summed E-state index contributed by atoms with van der Waals surface area (Å²) in [6.45, 7) is 0.106. The summed E-state index contributed by atoms with van der Waals surface area (Å²) < 4.78 is 12.6. The summed E-state index contributed by atoms with van der Waals surface area (Å²) in [5.74, 6) is 0.366. The number of aromatic carboxylic acids is 1. The van der Waals surface area contributed by atoms with Gasteiger partial charge < -0.3 is 19.1 Å². The fraction of sp³-hybridized carbons (Fsp3) is 0.120. The molecule has 0 saturated heterocycles. The van der Waals surface area contributed by atoms with Crippen molar-refractivity contribution in [2.45, 2.75) is 6.54 Å². The molecule has 4 aromatic rings. The Balaban J connectivity index is 1.36.